The normalized spacial score (nSPS) is 14.3. The third kappa shape index (κ3) is 3.77. The average molecular weight is 256 g/mol. The molecule has 1 amide bonds. The number of nitrogens with two attached hydrogens (primary N) is 2. The van der Waals surface area contributed by atoms with Gasteiger partial charge in [0.25, 0.3) is 0 Å². The van der Waals surface area contributed by atoms with E-state index in [1.165, 1.54) is 6.92 Å². The van der Waals surface area contributed by atoms with Crippen LogP contribution in [0.3, 0.4) is 0 Å². The lowest BCUT2D eigenvalue weighted by atomic mass is 9.93. The molecule has 1 aromatic carbocycles. The van der Waals surface area contributed by atoms with Gasteiger partial charge >= 0.3 is 0 Å². The summed E-state index contributed by atoms with van der Waals surface area (Å²) in [4.78, 5) is 10.7. The zero-order valence-electron chi connectivity index (χ0n) is 10.5. The minimum atomic E-state index is -0.644. The maximum atomic E-state index is 13.7. The maximum absolute atomic E-state index is 13.7. The van der Waals surface area contributed by atoms with Crippen molar-refractivity contribution in [2.24, 2.45) is 17.4 Å². The molecule has 0 spiro atoms. The van der Waals surface area contributed by atoms with Crippen LogP contribution in [0.1, 0.15) is 36.9 Å². The molecule has 0 saturated carbocycles. The van der Waals surface area contributed by atoms with E-state index in [1.807, 2.05) is 0 Å². The number of benzene rings is 1. The fourth-order valence-corrected chi connectivity index (χ4v) is 1.93. The van der Waals surface area contributed by atoms with Crippen molar-refractivity contribution in [2.45, 2.75) is 32.7 Å². The van der Waals surface area contributed by atoms with Gasteiger partial charge in [0.1, 0.15) is 11.6 Å². The molecule has 0 bridgehead atoms. The van der Waals surface area contributed by atoms with E-state index < -0.39 is 23.6 Å². The van der Waals surface area contributed by atoms with Crippen LogP contribution >= 0.6 is 0 Å². The molecule has 1 aromatic rings. The van der Waals surface area contributed by atoms with Gasteiger partial charge in [0, 0.05) is 18.0 Å². The molecule has 3 nitrogen and oxygen atoms in total. The molecule has 0 aliphatic heterocycles. The number of carbonyl (C=O) groups is 1. The number of hydrogen-bond acceptors (Lipinski definition) is 2. The van der Waals surface area contributed by atoms with Crippen molar-refractivity contribution in [1.29, 1.82) is 0 Å². The first kappa shape index (κ1) is 14.6. The van der Waals surface area contributed by atoms with Crippen LogP contribution in [0, 0.1) is 24.5 Å². The fraction of sp³-hybridized carbons (Fsp3) is 0.462. The number of carbonyl (C=O) groups excluding carboxylic acids is 1. The van der Waals surface area contributed by atoms with Crippen LogP contribution in [0.25, 0.3) is 0 Å². The quantitative estimate of drug-likeness (QED) is 0.847. The Bertz CT molecular complexity index is 449. The lowest BCUT2D eigenvalue weighted by Crippen LogP contribution is -2.20. The summed E-state index contributed by atoms with van der Waals surface area (Å²) >= 11 is 0. The molecule has 0 aromatic heterocycles. The van der Waals surface area contributed by atoms with E-state index in [-0.39, 0.29) is 23.5 Å². The summed E-state index contributed by atoms with van der Waals surface area (Å²) < 4.78 is 27.0. The Labute approximate surface area is 105 Å². The van der Waals surface area contributed by atoms with E-state index in [9.17, 15) is 13.6 Å². The lowest BCUT2D eigenvalue weighted by Gasteiger charge is -2.17. The number of amides is 1. The SMILES string of the molecule is Cc1cc(F)c(C(N)CC(C)CC(N)=O)cc1F. The second-order valence-corrected chi connectivity index (χ2v) is 4.74. The average Bonchev–Trinajstić information content (AvgIpc) is 2.21. The highest BCUT2D eigenvalue weighted by atomic mass is 19.1. The van der Waals surface area contributed by atoms with Crippen molar-refractivity contribution >= 4 is 5.91 Å². The molecule has 18 heavy (non-hydrogen) atoms. The summed E-state index contributed by atoms with van der Waals surface area (Å²) in [5, 5.41) is 0. The second-order valence-electron chi connectivity index (χ2n) is 4.74. The van der Waals surface area contributed by atoms with Crippen LogP contribution in [-0.2, 0) is 4.79 Å². The Balaban J connectivity index is 2.81. The topological polar surface area (TPSA) is 69.1 Å². The van der Waals surface area contributed by atoms with Gasteiger partial charge in [-0.25, -0.2) is 8.78 Å². The Morgan fingerprint density at radius 2 is 1.94 bits per heavy atom. The smallest absolute Gasteiger partial charge is 0.217 e. The Morgan fingerprint density at radius 1 is 1.33 bits per heavy atom. The third-order valence-electron chi connectivity index (χ3n) is 2.88. The molecule has 0 aliphatic rings. The summed E-state index contributed by atoms with van der Waals surface area (Å²) in [5.41, 5.74) is 11.3. The summed E-state index contributed by atoms with van der Waals surface area (Å²) in [6, 6.07) is 1.60. The molecule has 2 unspecified atom stereocenters. The van der Waals surface area contributed by atoms with Crippen LogP contribution in [0.2, 0.25) is 0 Å². The van der Waals surface area contributed by atoms with Crippen molar-refractivity contribution in [2.75, 3.05) is 0 Å². The van der Waals surface area contributed by atoms with Crippen molar-refractivity contribution in [3.63, 3.8) is 0 Å². The minimum Gasteiger partial charge on any atom is -0.370 e. The van der Waals surface area contributed by atoms with E-state index in [4.69, 9.17) is 11.5 Å². The Morgan fingerprint density at radius 3 is 2.50 bits per heavy atom. The lowest BCUT2D eigenvalue weighted by molar-refractivity contribution is -0.118. The van der Waals surface area contributed by atoms with Crippen LogP contribution in [0.4, 0.5) is 8.78 Å². The van der Waals surface area contributed by atoms with Crippen molar-refractivity contribution in [3.8, 4) is 0 Å². The Kier molecular flexibility index (Phi) is 4.78. The van der Waals surface area contributed by atoms with E-state index in [0.29, 0.717) is 6.42 Å². The van der Waals surface area contributed by atoms with E-state index in [2.05, 4.69) is 0 Å². The summed E-state index contributed by atoms with van der Waals surface area (Å²) in [6.45, 7) is 3.29. The van der Waals surface area contributed by atoms with Gasteiger partial charge in [-0.15, -0.1) is 0 Å². The highest BCUT2D eigenvalue weighted by Crippen LogP contribution is 2.25. The van der Waals surface area contributed by atoms with E-state index in [1.54, 1.807) is 6.92 Å². The third-order valence-corrected chi connectivity index (χ3v) is 2.88. The fourth-order valence-electron chi connectivity index (χ4n) is 1.93. The van der Waals surface area contributed by atoms with Crippen LogP contribution in [0.15, 0.2) is 12.1 Å². The number of hydrogen-bond donors (Lipinski definition) is 2. The van der Waals surface area contributed by atoms with Gasteiger partial charge in [0.2, 0.25) is 5.91 Å². The largest absolute Gasteiger partial charge is 0.370 e. The summed E-state index contributed by atoms with van der Waals surface area (Å²) in [5.74, 6) is -1.50. The predicted molar refractivity (Wildman–Crippen MR) is 65.6 cm³/mol. The molecule has 4 N–H and O–H groups in total. The molecule has 0 saturated heterocycles. The number of aryl methyl sites for hydroxylation is 1. The molecule has 100 valence electrons. The predicted octanol–water partition coefficient (Wildman–Crippen LogP) is 2.17. The van der Waals surface area contributed by atoms with Gasteiger partial charge in [0.05, 0.1) is 0 Å². The standard InChI is InChI=1S/C13H18F2N2O/c1-7(4-13(17)18)3-12(16)9-6-10(14)8(2)5-11(9)15/h5-7,12H,3-4,16H2,1-2H3,(H2,17,18). The van der Waals surface area contributed by atoms with Crippen LogP contribution < -0.4 is 11.5 Å². The number of halogens is 2. The molecule has 2 atom stereocenters. The van der Waals surface area contributed by atoms with E-state index in [0.717, 1.165) is 12.1 Å². The molecule has 0 fully saturated rings. The van der Waals surface area contributed by atoms with Crippen LogP contribution in [-0.4, -0.2) is 5.91 Å². The van der Waals surface area contributed by atoms with E-state index >= 15 is 0 Å². The first-order chi connectivity index (χ1) is 8.31. The molecule has 0 heterocycles. The van der Waals surface area contributed by atoms with Crippen molar-refractivity contribution < 1.29 is 13.6 Å². The van der Waals surface area contributed by atoms with Gasteiger partial charge in [-0.1, -0.05) is 6.92 Å². The zero-order valence-corrected chi connectivity index (χ0v) is 10.5. The second kappa shape index (κ2) is 5.91. The first-order valence-corrected chi connectivity index (χ1v) is 5.80. The number of primary amides is 1. The van der Waals surface area contributed by atoms with Crippen LogP contribution in [0.5, 0.6) is 0 Å². The van der Waals surface area contributed by atoms with Crippen molar-refractivity contribution in [1.82, 2.24) is 0 Å². The molecule has 0 aliphatic carbocycles. The van der Waals surface area contributed by atoms with Gasteiger partial charge in [-0.05, 0) is 37.0 Å². The molecule has 0 radical (unpaired) electrons. The minimum absolute atomic E-state index is 0.0683. The van der Waals surface area contributed by atoms with Gasteiger partial charge < -0.3 is 11.5 Å². The summed E-state index contributed by atoms with van der Waals surface area (Å²) in [6.07, 6.45) is 0.562. The molecular weight excluding hydrogens is 238 g/mol. The molecule has 1 rings (SSSR count). The Hall–Kier alpha value is -1.49. The van der Waals surface area contributed by atoms with Crippen molar-refractivity contribution in [3.05, 3.63) is 34.9 Å². The zero-order chi connectivity index (χ0) is 13.9. The van der Waals surface area contributed by atoms with Gasteiger partial charge in [0.15, 0.2) is 0 Å². The molecule has 5 heteroatoms. The monoisotopic (exact) mass is 256 g/mol. The highest BCUT2D eigenvalue weighted by molar-refractivity contribution is 5.73. The maximum Gasteiger partial charge on any atom is 0.217 e. The highest BCUT2D eigenvalue weighted by Gasteiger charge is 2.17. The van der Waals surface area contributed by atoms with Gasteiger partial charge in [-0.3, -0.25) is 4.79 Å². The number of rotatable bonds is 5. The molecular formula is C13H18F2N2O. The van der Waals surface area contributed by atoms with Gasteiger partial charge in [-0.2, -0.15) is 0 Å². The first-order valence-electron chi connectivity index (χ1n) is 5.80. The summed E-state index contributed by atoms with van der Waals surface area (Å²) in [7, 11) is 0.